The number of likely N-dealkylation sites (tertiary alicyclic amines) is 2. The molecule has 1 unspecified atom stereocenters. The van der Waals surface area contributed by atoms with Crippen LogP contribution in [0.2, 0.25) is 0 Å². The lowest BCUT2D eigenvalue weighted by Gasteiger charge is -2.53. The lowest BCUT2D eigenvalue weighted by Crippen LogP contribution is -2.65. The summed E-state index contributed by atoms with van der Waals surface area (Å²) in [5.41, 5.74) is 2.59. The number of ether oxygens (including phenoxy) is 2. The van der Waals surface area contributed by atoms with Crippen LogP contribution in [-0.4, -0.2) is 66.8 Å². The summed E-state index contributed by atoms with van der Waals surface area (Å²) in [6.07, 6.45) is 4.21. The maximum absolute atomic E-state index is 12.2. The molecule has 26 heavy (non-hydrogen) atoms. The van der Waals surface area contributed by atoms with Crippen molar-refractivity contribution in [2.24, 2.45) is 0 Å². The van der Waals surface area contributed by atoms with E-state index < -0.39 is 0 Å². The van der Waals surface area contributed by atoms with Crippen LogP contribution in [0.15, 0.2) is 24.3 Å². The first kappa shape index (κ1) is 18.0. The molecule has 1 aromatic carbocycles. The molecule has 5 heteroatoms. The summed E-state index contributed by atoms with van der Waals surface area (Å²) in [7, 11) is 0. The highest BCUT2D eigenvalue weighted by atomic mass is 16.5. The van der Waals surface area contributed by atoms with E-state index in [4.69, 9.17) is 9.47 Å². The van der Waals surface area contributed by atoms with Gasteiger partial charge >= 0.3 is 0 Å². The third-order valence-corrected chi connectivity index (χ3v) is 5.90. The molecule has 3 saturated heterocycles. The average Bonchev–Trinajstić information content (AvgIpc) is 3.15. The fourth-order valence-corrected chi connectivity index (χ4v) is 4.42. The van der Waals surface area contributed by atoms with Crippen LogP contribution in [0.4, 0.5) is 0 Å². The van der Waals surface area contributed by atoms with Gasteiger partial charge in [-0.25, -0.2) is 0 Å². The molecule has 0 radical (unpaired) electrons. The Labute approximate surface area is 156 Å². The molecule has 142 valence electrons. The smallest absolute Gasteiger partial charge is 0.248 e. The Morgan fingerprint density at radius 2 is 1.96 bits per heavy atom. The summed E-state index contributed by atoms with van der Waals surface area (Å²) < 4.78 is 12.1. The molecule has 3 fully saturated rings. The van der Waals surface area contributed by atoms with Gasteiger partial charge < -0.3 is 14.4 Å². The molecule has 1 aromatic rings. The van der Waals surface area contributed by atoms with Crippen molar-refractivity contribution in [2.45, 2.75) is 50.9 Å². The van der Waals surface area contributed by atoms with Crippen LogP contribution >= 0.6 is 0 Å². The normalized spacial score (nSPS) is 25.4. The lowest BCUT2D eigenvalue weighted by molar-refractivity contribution is -0.200. The fourth-order valence-electron chi connectivity index (χ4n) is 4.42. The molecule has 0 aromatic heterocycles. The maximum atomic E-state index is 12.2. The van der Waals surface area contributed by atoms with E-state index in [1.165, 1.54) is 11.1 Å². The molecule has 0 saturated carbocycles. The zero-order valence-corrected chi connectivity index (χ0v) is 15.8. The van der Waals surface area contributed by atoms with E-state index in [1.54, 1.807) is 0 Å². The first-order valence-corrected chi connectivity index (χ1v) is 9.93. The van der Waals surface area contributed by atoms with Crippen LogP contribution in [0.1, 0.15) is 36.8 Å². The van der Waals surface area contributed by atoms with Crippen molar-refractivity contribution in [3.05, 3.63) is 35.4 Å². The van der Waals surface area contributed by atoms with Gasteiger partial charge in [-0.05, 0) is 31.7 Å². The van der Waals surface area contributed by atoms with E-state index in [1.807, 2.05) is 4.90 Å². The molecule has 0 N–H and O–H groups in total. The van der Waals surface area contributed by atoms with Crippen LogP contribution < -0.4 is 0 Å². The average molecular weight is 358 g/mol. The fraction of sp³-hybridized carbons (Fsp3) is 0.667. The van der Waals surface area contributed by atoms with Gasteiger partial charge in [-0.3, -0.25) is 9.69 Å². The maximum Gasteiger partial charge on any atom is 0.248 e. The number of hydrogen-bond donors (Lipinski definition) is 0. The first-order valence-electron chi connectivity index (χ1n) is 9.93. The van der Waals surface area contributed by atoms with Gasteiger partial charge in [0, 0.05) is 45.8 Å². The quantitative estimate of drug-likeness (QED) is 0.810. The predicted molar refractivity (Wildman–Crippen MR) is 99.9 cm³/mol. The van der Waals surface area contributed by atoms with E-state index in [0.717, 1.165) is 65.0 Å². The molecule has 0 aliphatic carbocycles. The predicted octanol–water partition coefficient (Wildman–Crippen LogP) is 2.37. The van der Waals surface area contributed by atoms with Crippen LogP contribution in [0.3, 0.4) is 0 Å². The van der Waals surface area contributed by atoms with Gasteiger partial charge in [0.1, 0.15) is 6.61 Å². The molecule has 3 heterocycles. The summed E-state index contributed by atoms with van der Waals surface area (Å²) in [5, 5.41) is 0. The van der Waals surface area contributed by atoms with E-state index in [2.05, 4.69) is 36.1 Å². The monoisotopic (exact) mass is 358 g/mol. The van der Waals surface area contributed by atoms with Gasteiger partial charge in [0.25, 0.3) is 0 Å². The number of carbonyl (C=O) groups is 1. The van der Waals surface area contributed by atoms with Crippen molar-refractivity contribution in [3.8, 4) is 0 Å². The van der Waals surface area contributed by atoms with Gasteiger partial charge in [-0.15, -0.1) is 0 Å². The number of nitrogens with zero attached hydrogens (tertiary/aromatic N) is 2. The van der Waals surface area contributed by atoms with E-state index in [-0.39, 0.29) is 24.2 Å². The minimum absolute atomic E-state index is 0.0652. The molecule has 3 aliphatic rings. The Balaban J connectivity index is 1.22. The summed E-state index contributed by atoms with van der Waals surface area (Å²) in [6, 6.07) is 8.75. The molecule has 5 nitrogen and oxygen atoms in total. The second-order valence-corrected chi connectivity index (χ2v) is 8.18. The van der Waals surface area contributed by atoms with Crippen molar-refractivity contribution in [3.63, 3.8) is 0 Å². The van der Waals surface area contributed by atoms with Gasteiger partial charge in [0.2, 0.25) is 5.91 Å². The minimum atomic E-state index is -0.0652. The summed E-state index contributed by atoms with van der Waals surface area (Å²) in [4.78, 5) is 16.5. The SMILES string of the molecule is Cc1ccc(CN2CC3(CC(OCC(=O)N4CCCC4)CCO3)C2)cc1. The number of hydrogen-bond acceptors (Lipinski definition) is 4. The topological polar surface area (TPSA) is 42.0 Å². The first-order chi connectivity index (χ1) is 12.6. The standard InChI is InChI=1S/C21H30N2O3/c1-17-4-6-18(7-5-17)13-22-15-21(16-22)12-19(8-11-26-21)25-14-20(24)23-9-2-3-10-23/h4-7,19H,2-3,8-16H2,1H3. The third kappa shape index (κ3) is 4.11. The van der Waals surface area contributed by atoms with Gasteiger partial charge in [0.15, 0.2) is 0 Å². The third-order valence-electron chi connectivity index (χ3n) is 5.90. The Morgan fingerprint density at radius 1 is 1.23 bits per heavy atom. The number of aryl methyl sites for hydroxylation is 1. The van der Waals surface area contributed by atoms with E-state index in [9.17, 15) is 4.79 Å². The van der Waals surface area contributed by atoms with Crippen LogP contribution in [0.5, 0.6) is 0 Å². The van der Waals surface area contributed by atoms with Crippen molar-refractivity contribution in [2.75, 3.05) is 39.4 Å². The van der Waals surface area contributed by atoms with Crippen LogP contribution in [0, 0.1) is 6.92 Å². The molecule has 1 atom stereocenters. The molecule has 1 amide bonds. The van der Waals surface area contributed by atoms with Gasteiger partial charge in [0.05, 0.1) is 11.7 Å². The van der Waals surface area contributed by atoms with Crippen molar-refractivity contribution < 1.29 is 14.3 Å². The zero-order chi connectivity index (χ0) is 18.0. The molecule has 1 spiro atoms. The van der Waals surface area contributed by atoms with Crippen LogP contribution in [-0.2, 0) is 20.8 Å². The highest BCUT2D eigenvalue weighted by Gasteiger charge is 2.47. The second-order valence-electron chi connectivity index (χ2n) is 8.18. The molecule has 3 aliphatic heterocycles. The molecular formula is C21H30N2O3. The van der Waals surface area contributed by atoms with Gasteiger partial charge in [-0.1, -0.05) is 29.8 Å². The molecular weight excluding hydrogens is 328 g/mol. The van der Waals surface area contributed by atoms with Crippen LogP contribution in [0.25, 0.3) is 0 Å². The summed E-state index contributed by atoms with van der Waals surface area (Å²) >= 11 is 0. The highest BCUT2D eigenvalue weighted by molar-refractivity contribution is 5.77. The summed E-state index contributed by atoms with van der Waals surface area (Å²) in [5.74, 6) is 0.151. The Morgan fingerprint density at radius 3 is 2.69 bits per heavy atom. The Bertz CT molecular complexity index is 619. The number of amides is 1. The van der Waals surface area contributed by atoms with E-state index >= 15 is 0 Å². The minimum Gasteiger partial charge on any atom is -0.372 e. The number of benzene rings is 1. The Hall–Kier alpha value is -1.43. The molecule has 4 rings (SSSR count). The number of rotatable bonds is 5. The van der Waals surface area contributed by atoms with Crippen molar-refractivity contribution in [1.82, 2.24) is 9.80 Å². The van der Waals surface area contributed by atoms with Crippen molar-refractivity contribution >= 4 is 5.91 Å². The Kier molecular flexibility index (Phi) is 5.30. The van der Waals surface area contributed by atoms with Crippen molar-refractivity contribution in [1.29, 1.82) is 0 Å². The largest absolute Gasteiger partial charge is 0.372 e. The van der Waals surface area contributed by atoms with E-state index in [0.29, 0.717) is 0 Å². The molecule has 0 bridgehead atoms. The zero-order valence-electron chi connectivity index (χ0n) is 15.8. The van der Waals surface area contributed by atoms with Gasteiger partial charge in [-0.2, -0.15) is 0 Å². The second kappa shape index (κ2) is 7.67. The lowest BCUT2D eigenvalue weighted by atomic mass is 9.84. The summed E-state index contributed by atoms with van der Waals surface area (Å²) in [6.45, 7) is 7.77. The highest BCUT2D eigenvalue weighted by Crippen LogP contribution is 2.36. The number of carbonyl (C=O) groups excluding carboxylic acids is 1.